The summed E-state index contributed by atoms with van der Waals surface area (Å²) in [6.07, 6.45) is 6.12. The third-order valence-electron chi connectivity index (χ3n) is 4.39. The summed E-state index contributed by atoms with van der Waals surface area (Å²) in [7, 11) is -1.42. The first-order valence-electron chi connectivity index (χ1n) is 8.65. The third-order valence-corrected chi connectivity index (χ3v) is 4.86. The van der Waals surface area contributed by atoms with Gasteiger partial charge in [0.25, 0.3) is 0 Å². The molecule has 2 aromatic rings. The van der Waals surface area contributed by atoms with Crippen molar-refractivity contribution >= 4 is 22.7 Å². The average molecular weight is 373 g/mol. The second kappa shape index (κ2) is 7.86. The third kappa shape index (κ3) is 3.88. The molecule has 6 nitrogen and oxygen atoms in total. The van der Waals surface area contributed by atoms with Crippen LogP contribution in [-0.2, 0) is 23.8 Å². The molecule has 0 fully saturated rings. The molecule has 1 unspecified atom stereocenters. The first kappa shape index (κ1) is 18.4. The summed E-state index contributed by atoms with van der Waals surface area (Å²) < 4.78 is 19.3. The van der Waals surface area contributed by atoms with Crippen molar-refractivity contribution in [3.63, 3.8) is 0 Å². The average Bonchev–Trinajstić information content (AvgIpc) is 3.03. The number of nitrogens with zero attached hydrogens (tertiary/aromatic N) is 1. The number of nitrogens with one attached hydrogen (secondary N) is 2. The molecule has 0 spiro atoms. The predicted molar refractivity (Wildman–Crippen MR) is 104 cm³/mol. The minimum Gasteiger partial charge on any atom is -0.478 e. The van der Waals surface area contributed by atoms with Gasteiger partial charge in [-0.3, -0.25) is 4.72 Å². The van der Waals surface area contributed by atoms with Crippen LogP contribution in [0.1, 0.15) is 30.0 Å². The number of aryl methyl sites for hydroxylation is 2. The van der Waals surface area contributed by atoms with E-state index in [9.17, 15) is 9.00 Å². The van der Waals surface area contributed by atoms with Gasteiger partial charge in [-0.1, -0.05) is 6.07 Å². The standard InChI is InChI=1S/C19H23N3O3S/c1-4-25-16-11-14(8-9-20-16)17-12(2)10-13-6-5-7-15(13)18(17)21-19(23)22-26(3)24/h8-11H,4-7H2,1-3H3,(H2,21,22,23). The summed E-state index contributed by atoms with van der Waals surface area (Å²) in [5.74, 6) is 0.551. The minimum atomic E-state index is -1.42. The van der Waals surface area contributed by atoms with Gasteiger partial charge in [0.2, 0.25) is 5.88 Å². The monoisotopic (exact) mass is 373 g/mol. The molecule has 3 rings (SSSR count). The Balaban J connectivity index is 2.10. The van der Waals surface area contributed by atoms with Crippen molar-refractivity contribution in [2.45, 2.75) is 33.1 Å². The highest BCUT2D eigenvalue weighted by molar-refractivity contribution is 7.82. The van der Waals surface area contributed by atoms with Crippen molar-refractivity contribution in [1.29, 1.82) is 0 Å². The van der Waals surface area contributed by atoms with Crippen LogP contribution in [0.25, 0.3) is 11.1 Å². The Morgan fingerprint density at radius 2 is 2.15 bits per heavy atom. The molecule has 1 aromatic heterocycles. The quantitative estimate of drug-likeness (QED) is 0.842. The van der Waals surface area contributed by atoms with Crippen molar-refractivity contribution < 1.29 is 13.7 Å². The van der Waals surface area contributed by atoms with Crippen molar-refractivity contribution in [3.05, 3.63) is 41.1 Å². The Hall–Kier alpha value is -2.41. The molecule has 0 bridgehead atoms. The van der Waals surface area contributed by atoms with Gasteiger partial charge in [0, 0.05) is 24.1 Å². The number of rotatable bonds is 5. The number of anilines is 1. The molecule has 0 radical (unpaired) electrons. The number of hydrogen-bond donors (Lipinski definition) is 2. The highest BCUT2D eigenvalue weighted by Crippen LogP contribution is 2.40. The zero-order valence-electron chi connectivity index (χ0n) is 15.2. The van der Waals surface area contributed by atoms with Gasteiger partial charge in [-0.2, -0.15) is 0 Å². The second-order valence-corrected chi connectivity index (χ2v) is 7.37. The number of carbonyl (C=O) groups excluding carboxylic acids is 1. The summed E-state index contributed by atoms with van der Waals surface area (Å²) in [6, 6.07) is 5.52. The molecule has 1 aliphatic carbocycles. The zero-order valence-corrected chi connectivity index (χ0v) is 16.0. The molecular formula is C19H23N3O3S. The fourth-order valence-corrected chi connectivity index (χ4v) is 3.78. The normalized spacial score (nSPS) is 13.8. The van der Waals surface area contributed by atoms with Crippen molar-refractivity contribution in [1.82, 2.24) is 9.71 Å². The Morgan fingerprint density at radius 1 is 1.35 bits per heavy atom. The Kier molecular flexibility index (Phi) is 5.56. The summed E-state index contributed by atoms with van der Waals surface area (Å²) in [6.45, 7) is 4.49. The summed E-state index contributed by atoms with van der Waals surface area (Å²) in [5.41, 5.74) is 6.16. The molecule has 0 saturated carbocycles. The SMILES string of the molecule is CCOc1cc(-c2c(C)cc3c(c2NC(=O)NS(C)=O)CCC3)ccn1. The van der Waals surface area contributed by atoms with Crippen LogP contribution in [0.3, 0.4) is 0 Å². The van der Waals surface area contributed by atoms with Gasteiger partial charge in [-0.15, -0.1) is 0 Å². The van der Waals surface area contributed by atoms with E-state index in [1.54, 1.807) is 6.20 Å². The van der Waals surface area contributed by atoms with Crippen LogP contribution < -0.4 is 14.8 Å². The van der Waals surface area contributed by atoms with Crippen LogP contribution in [0, 0.1) is 6.92 Å². The lowest BCUT2D eigenvalue weighted by atomic mass is 9.93. The lowest BCUT2D eigenvalue weighted by molar-refractivity contribution is 0.257. The number of fused-ring (bicyclic) bond motifs is 1. The number of ether oxygens (including phenoxy) is 1. The first-order chi connectivity index (χ1) is 12.5. The zero-order chi connectivity index (χ0) is 18.7. The number of benzene rings is 1. The number of aromatic nitrogens is 1. The van der Waals surface area contributed by atoms with Gasteiger partial charge < -0.3 is 10.1 Å². The topological polar surface area (TPSA) is 80.3 Å². The van der Waals surface area contributed by atoms with E-state index in [0.29, 0.717) is 12.5 Å². The fraction of sp³-hybridized carbons (Fsp3) is 0.368. The van der Waals surface area contributed by atoms with Crippen LogP contribution >= 0.6 is 0 Å². The molecule has 1 aliphatic rings. The van der Waals surface area contributed by atoms with Crippen LogP contribution in [0.5, 0.6) is 5.88 Å². The largest absolute Gasteiger partial charge is 0.478 e. The van der Waals surface area contributed by atoms with Crippen LogP contribution in [0.2, 0.25) is 0 Å². The van der Waals surface area contributed by atoms with Gasteiger partial charge >= 0.3 is 6.03 Å². The van der Waals surface area contributed by atoms with E-state index in [1.807, 2.05) is 26.0 Å². The minimum absolute atomic E-state index is 0.467. The maximum absolute atomic E-state index is 12.2. The van der Waals surface area contributed by atoms with Gasteiger partial charge in [0.05, 0.1) is 12.3 Å². The molecule has 0 saturated heterocycles. The maximum Gasteiger partial charge on any atom is 0.331 e. The number of urea groups is 1. The van der Waals surface area contributed by atoms with Crippen LogP contribution in [0.15, 0.2) is 24.4 Å². The molecule has 138 valence electrons. The predicted octanol–water partition coefficient (Wildman–Crippen LogP) is 3.36. The lowest BCUT2D eigenvalue weighted by Crippen LogP contribution is -2.30. The molecule has 1 atom stereocenters. The number of amides is 2. The number of hydrogen-bond acceptors (Lipinski definition) is 4. The van der Waals surface area contributed by atoms with E-state index >= 15 is 0 Å². The number of carbonyl (C=O) groups is 1. The van der Waals surface area contributed by atoms with E-state index < -0.39 is 17.0 Å². The van der Waals surface area contributed by atoms with Crippen molar-refractivity contribution in [2.24, 2.45) is 0 Å². The van der Waals surface area contributed by atoms with E-state index in [2.05, 4.69) is 21.1 Å². The Bertz CT molecular complexity index is 867. The highest BCUT2D eigenvalue weighted by atomic mass is 32.2. The number of pyridine rings is 1. The smallest absolute Gasteiger partial charge is 0.331 e. The van der Waals surface area contributed by atoms with E-state index in [1.165, 1.54) is 11.8 Å². The maximum atomic E-state index is 12.2. The van der Waals surface area contributed by atoms with Gasteiger partial charge in [0.15, 0.2) is 0 Å². The summed E-state index contributed by atoms with van der Waals surface area (Å²) in [4.78, 5) is 16.5. The first-order valence-corrected chi connectivity index (χ1v) is 10.2. The van der Waals surface area contributed by atoms with Gasteiger partial charge in [-0.05, 0) is 61.4 Å². The van der Waals surface area contributed by atoms with Crippen LogP contribution in [-0.4, -0.2) is 28.1 Å². The van der Waals surface area contributed by atoms with Crippen molar-refractivity contribution in [2.75, 3.05) is 18.2 Å². The van der Waals surface area contributed by atoms with Crippen molar-refractivity contribution in [3.8, 4) is 17.0 Å². The van der Waals surface area contributed by atoms with E-state index in [0.717, 1.165) is 47.2 Å². The van der Waals surface area contributed by atoms with Gasteiger partial charge in [0.1, 0.15) is 11.0 Å². The van der Waals surface area contributed by atoms with Crippen LogP contribution in [0.4, 0.5) is 10.5 Å². The highest BCUT2D eigenvalue weighted by Gasteiger charge is 2.23. The molecule has 1 aromatic carbocycles. The summed E-state index contributed by atoms with van der Waals surface area (Å²) >= 11 is 0. The molecule has 2 amide bonds. The Morgan fingerprint density at radius 3 is 2.88 bits per heavy atom. The molecule has 2 N–H and O–H groups in total. The molecule has 26 heavy (non-hydrogen) atoms. The summed E-state index contributed by atoms with van der Waals surface area (Å²) in [5, 5.41) is 2.93. The molecule has 1 heterocycles. The lowest BCUT2D eigenvalue weighted by Gasteiger charge is -2.19. The Labute approximate surface area is 156 Å². The molecule has 7 heteroatoms. The molecular weight excluding hydrogens is 350 g/mol. The molecule has 0 aliphatic heterocycles. The second-order valence-electron chi connectivity index (χ2n) is 6.26. The van der Waals surface area contributed by atoms with E-state index in [-0.39, 0.29) is 0 Å². The fourth-order valence-electron chi connectivity index (χ4n) is 3.46. The van der Waals surface area contributed by atoms with E-state index in [4.69, 9.17) is 4.74 Å². The van der Waals surface area contributed by atoms with Gasteiger partial charge in [-0.25, -0.2) is 14.0 Å².